The van der Waals surface area contributed by atoms with Gasteiger partial charge in [-0.3, -0.25) is 4.79 Å². The van der Waals surface area contributed by atoms with Gasteiger partial charge in [-0.05, 0) is 54.3 Å². The number of ether oxygens (including phenoxy) is 1. The molecule has 0 aliphatic rings. The molecule has 1 N–H and O–H groups in total. The Morgan fingerprint density at radius 3 is 2.64 bits per heavy atom. The van der Waals surface area contributed by atoms with Gasteiger partial charge in [-0.2, -0.15) is 0 Å². The van der Waals surface area contributed by atoms with Crippen molar-refractivity contribution >= 4 is 16.7 Å². The Morgan fingerprint density at radius 1 is 1.04 bits per heavy atom. The second kappa shape index (κ2) is 7.39. The van der Waals surface area contributed by atoms with Gasteiger partial charge in [-0.25, -0.2) is 0 Å². The van der Waals surface area contributed by atoms with Crippen LogP contribution in [0.5, 0.6) is 5.75 Å². The monoisotopic (exact) mass is 333 g/mol. The highest BCUT2D eigenvalue weighted by Gasteiger charge is 2.15. The third kappa shape index (κ3) is 4.00. The van der Waals surface area contributed by atoms with Crippen LogP contribution in [0.2, 0.25) is 0 Å². The van der Waals surface area contributed by atoms with E-state index in [1.807, 2.05) is 56.3 Å². The second-order valence-electron chi connectivity index (χ2n) is 6.39. The lowest BCUT2D eigenvalue weighted by Gasteiger charge is -2.17. The number of hydrogen-bond donors (Lipinski definition) is 1. The van der Waals surface area contributed by atoms with Crippen LogP contribution >= 0.6 is 0 Å². The van der Waals surface area contributed by atoms with Gasteiger partial charge in [0.2, 0.25) is 0 Å². The number of amides is 1. The number of benzene rings is 3. The molecule has 3 heteroatoms. The van der Waals surface area contributed by atoms with Gasteiger partial charge in [-0.15, -0.1) is 0 Å². The second-order valence-corrected chi connectivity index (χ2v) is 6.39. The SMILES string of the molecule is Cc1ccc(C)c(O[C@@H](C)C(=O)NCc2cccc3ccccc23)c1. The Hall–Kier alpha value is -2.81. The van der Waals surface area contributed by atoms with E-state index in [0.29, 0.717) is 6.54 Å². The number of nitrogens with one attached hydrogen (secondary N) is 1. The summed E-state index contributed by atoms with van der Waals surface area (Å²) in [4.78, 5) is 12.4. The van der Waals surface area contributed by atoms with Crippen molar-refractivity contribution in [2.75, 3.05) is 0 Å². The van der Waals surface area contributed by atoms with Crippen LogP contribution in [0.1, 0.15) is 23.6 Å². The summed E-state index contributed by atoms with van der Waals surface area (Å²) < 4.78 is 5.85. The Bertz CT molecular complexity index is 896. The predicted molar refractivity (Wildman–Crippen MR) is 102 cm³/mol. The molecular formula is C22H23NO2. The van der Waals surface area contributed by atoms with Crippen LogP contribution in [0.3, 0.4) is 0 Å². The zero-order valence-electron chi connectivity index (χ0n) is 14.9. The van der Waals surface area contributed by atoms with E-state index in [9.17, 15) is 4.79 Å². The summed E-state index contributed by atoms with van der Waals surface area (Å²) in [5, 5.41) is 5.32. The Balaban J connectivity index is 1.66. The van der Waals surface area contributed by atoms with Gasteiger partial charge in [0.25, 0.3) is 5.91 Å². The average Bonchev–Trinajstić information content (AvgIpc) is 2.62. The third-order valence-corrected chi connectivity index (χ3v) is 4.35. The van der Waals surface area contributed by atoms with E-state index in [0.717, 1.165) is 27.8 Å². The first-order chi connectivity index (χ1) is 12.0. The smallest absolute Gasteiger partial charge is 0.261 e. The van der Waals surface area contributed by atoms with Crippen molar-refractivity contribution < 1.29 is 9.53 Å². The number of carbonyl (C=O) groups is 1. The molecule has 128 valence electrons. The number of hydrogen-bond acceptors (Lipinski definition) is 2. The molecule has 1 amide bonds. The van der Waals surface area contributed by atoms with Crippen LogP contribution in [0, 0.1) is 13.8 Å². The number of aryl methyl sites for hydroxylation is 2. The van der Waals surface area contributed by atoms with Gasteiger partial charge in [0.05, 0.1) is 0 Å². The fraction of sp³-hybridized carbons (Fsp3) is 0.227. The molecule has 0 spiro atoms. The summed E-state index contributed by atoms with van der Waals surface area (Å²) in [6.07, 6.45) is -0.546. The Morgan fingerprint density at radius 2 is 1.80 bits per heavy atom. The maximum Gasteiger partial charge on any atom is 0.261 e. The van der Waals surface area contributed by atoms with E-state index in [-0.39, 0.29) is 5.91 Å². The van der Waals surface area contributed by atoms with Crippen molar-refractivity contribution in [3.63, 3.8) is 0 Å². The van der Waals surface area contributed by atoms with Gasteiger partial charge in [0.1, 0.15) is 5.75 Å². The molecular weight excluding hydrogens is 310 g/mol. The third-order valence-electron chi connectivity index (χ3n) is 4.35. The lowest BCUT2D eigenvalue weighted by Crippen LogP contribution is -2.36. The van der Waals surface area contributed by atoms with E-state index in [1.54, 1.807) is 6.92 Å². The van der Waals surface area contributed by atoms with Crippen molar-refractivity contribution in [2.45, 2.75) is 33.4 Å². The molecule has 3 rings (SSSR count). The predicted octanol–water partition coefficient (Wildman–Crippen LogP) is 4.54. The standard InChI is InChI=1S/C22H23NO2/c1-15-11-12-16(2)21(13-15)25-17(3)22(24)23-14-19-9-6-8-18-7-4-5-10-20(18)19/h4-13,17H,14H2,1-3H3,(H,23,24)/t17-/m0/s1. The van der Waals surface area contributed by atoms with Crippen LogP contribution in [0.25, 0.3) is 10.8 Å². The maximum atomic E-state index is 12.4. The normalized spacial score (nSPS) is 12.0. The minimum Gasteiger partial charge on any atom is -0.481 e. The molecule has 3 aromatic carbocycles. The highest BCUT2D eigenvalue weighted by Crippen LogP contribution is 2.21. The molecule has 0 aliphatic heterocycles. The first-order valence-corrected chi connectivity index (χ1v) is 8.53. The lowest BCUT2D eigenvalue weighted by atomic mass is 10.0. The van der Waals surface area contributed by atoms with Gasteiger partial charge in [0.15, 0.2) is 6.10 Å². The number of rotatable bonds is 5. The van der Waals surface area contributed by atoms with Crippen LogP contribution in [0.15, 0.2) is 60.7 Å². The van der Waals surface area contributed by atoms with E-state index in [4.69, 9.17) is 4.74 Å². The molecule has 0 saturated carbocycles. The summed E-state index contributed by atoms with van der Waals surface area (Å²) in [5.41, 5.74) is 3.24. The van der Waals surface area contributed by atoms with Crippen molar-refractivity contribution in [3.8, 4) is 5.75 Å². The molecule has 3 nitrogen and oxygen atoms in total. The molecule has 0 unspecified atom stereocenters. The fourth-order valence-electron chi connectivity index (χ4n) is 2.85. The topological polar surface area (TPSA) is 38.3 Å². The van der Waals surface area contributed by atoms with E-state index < -0.39 is 6.10 Å². The van der Waals surface area contributed by atoms with Gasteiger partial charge in [0, 0.05) is 6.54 Å². The molecule has 0 aliphatic carbocycles. The minimum absolute atomic E-state index is 0.117. The van der Waals surface area contributed by atoms with Gasteiger partial charge < -0.3 is 10.1 Å². The lowest BCUT2D eigenvalue weighted by molar-refractivity contribution is -0.127. The van der Waals surface area contributed by atoms with E-state index >= 15 is 0 Å². The van der Waals surface area contributed by atoms with Gasteiger partial charge >= 0.3 is 0 Å². The highest BCUT2D eigenvalue weighted by atomic mass is 16.5. The van der Waals surface area contributed by atoms with Crippen LogP contribution < -0.4 is 10.1 Å². The summed E-state index contributed by atoms with van der Waals surface area (Å²) in [5.74, 6) is 0.640. The molecule has 1 atom stereocenters. The fourth-order valence-corrected chi connectivity index (χ4v) is 2.85. The van der Waals surface area contributed by atoms with Crippen molar-refractivity contribution in [1.82, 2.24) is 5.32 Å². The Kier molecular flexibility index (Phi) is 5.03. The zero-order chi connectivity index (χ0) is 17.8. The zero-order valence-corrected chi connectivity index (χ0v) is 14.9. The summed E-state index contributed by atoms with van der Waals surface area (Å²) >= 11 is 0. The molecule has 0 radical (unpaired) electrons. The van der Waals surface area contributed by atoms with Crippen LogP contribution in [0.4, 0.5) is 0 Å². The van der Waals surface area contributed by atoms with Gasteiger partial charge in [-0.1, -0.05) is 54.6 Å². The van der Waals surface area contributed by atoms with Crippen molar-refractivity contribution in [3.05, 3.63) is 77.4 Å². The first-order valence-electron chi connectivity index (χ1n) is 8.53. The number of carbonyl (C=O) groups excluding carboxylic acids is 1. The minimum atomic E-state index is -0.546. The molecule has 25 heavy (non-hydrogen) atoms. The molecule has 0 saturated heterocycles. The summed E-state index contributed by atoms with van der Waals surface area (Å²) in [7, 11) is 0. The van der Waals surface area contributed by atoms with Crippen molar-refractivity contribution in [1.29, 1.82) is 0 Å². The number of fused-ring (bicyclic) bond motifs is 1. The molecule has 3 aromatic rings. The largest absolute Gasteiger partial charge is 0.481 e. The van der Waals surface area contributed by atoms with Crippen LogP contribution in [-0.4, -0.2) is 12.0 Å². The molecule has 0 fully saturated rings. The first kappa shape index (κ1) is 17.0. The Labute approximate surface area is 148 Å². The van der Waals surface area contributed by atoms with Crippen molar-refractivity contribution in [2.24, 2.45) is 0 Å². The quantitative estimate of drug-likeness (QED) is 0.744. The van der Waals surface area contributed by atoms with Crippen LogP contribution in [-0.2, 0) is 11.3 Å². The average molecular weight is 333 g/mol. The summed E-state index contributed by atoms with van der Waals surface area (Å²) in [6, 6.07) is 20.3. The molecule has 0 bridgehead atoms. The van der Waals surface area contributed by atoms with E-state index in [2.05, 4.69) is 23.5 Å². The van der Waals surface area contributed by atoms with E-state index in [1.165, 1.54) is 5.39 Å². The maximum absolute atomic E-state index is 12.4. The highest BCUT2D eigenvalue weighted by molar-refractivity contribution is 5.86. The molecule has 0 aromatic heterocycles. The molecule has 0 heterocycles. The summed E-state index contributed by atoms with van der Waals surface area (Å²) in [6.45, 7) is 6.26.